The van der Waals surface area contributed by atoms with Crippen molar-refractivity contribution in [2.24, 2.45) is 0 Å². The topological polar surface area (TPSA) is 38.9 Å². The average molecular weight is 236 g/mol. The Morgan fingerprint density at radius 3 is 2.69 bits per heavy atom. The zero-order chi connectivity index (χ0) is 11.4. The van der Waals surface area contributed by atoms with Crippen LogP contribution in [-0.2, 0) is 0 Å². The number of hydrogen-bond acceptors (Lipinski definition) is 4. The monoisotopic (exact) mass is 236 g/mol. The molecule has 4 heteroatoms. The van der Waals surface area contributed by atoms with Crippen molar-refractivity contribution in [3.05, 3.63) is 34.9 Å². The van der Waals surface area contributed by atoms with Gasteiger partial charge in [0.05, 0.1) is 17.4 Å². The standard InChI is InChI=1S/C12H16N2OS/c1-9(11-7-16-8-14-11)3-4-10(2)12-13-5-6-15-12/h5-10H,3-4H2,1-2H3. The van der Waals surface area contributed by atoms with Gasteiger partial charge in [-0.1, -0.05) is 13.8 Å². The Labute approximate surface area is 99.6 Å². The van der Waals surface area contributed by atoms with E-state index in [1.54, 1.807) is 23.8 Å². The van der Waals surface area contributed by atoms with Crippen LogP contribution in [0.15, 0.2) is 27.8 Å². The van der Waals surface area contributed by atoms with Crippen LogP contribution in [0.4, 0.5) is 0 Å². The number of hydrogen-bond donors (Lipinski definition) is 0. The van der Waals surface area contributed by atoms with E-state index in [0.717, 1.165) is 18.7 Å². The zero-order valence-corrected chi connectivity index (χ0v) is 10.4. The number of aromatic nitrogens is 2. The quantitative estimate of drug-likeness (QED) is 0.792. The Hall–Kier alpha value is -1.16. The maximum atomic E-state index is 5.29. The summed E-state index contributed by atoms with van der Waals surface area (Å²) in [4.78, 5) is 8.51. The second-order valence-corrected chi connectivity index (χ2v) is 4.88. The Morgan fingerprint density at radius 1 is 1.25 bits per heavy atom. The molecule has 0 radical (unpaired) electrons. The van der Waals surface area contributed by atoms with Gasteiger partial charge in [0.25, 0.3) is 0 Å². The first-order chi connectivity index (χ1) is 7.77. The summed E-state index contributed by atoms with van der Waals surface area (Å²) in [5.74, 6) is 1.74. The molecular formula is C12H16N2OS. The van der Waals surface area contributed by atoms with Gasteiger partial charge < -0.3 is 4.42 Å². The Morgan fingerprint density at radius 2 is 2.06 bits per heavy atom. The fourth-order valence-electron chi connectivity index (χ4n) is 1.71. The Kier molecular flexibility index (Phi) is 3.72. The Bertz CT molecular complexity index is 356. The van der Waals surface area contributed by atoms with E-state index in [0.29, 0.717) is 11.8 Å². The lowest BCUT2D eigenvalue weighted by Gasteiger charge is -2.11. The van der Waals surface area contributed by atoms with Crippen molar-refractivity contribution < 1.29 is 4.42 Å². The molecule has 0 aromatic carbocycles. The van der Waals surface area contributed by atoms with Gasteiger partial charge in [-0.15, -0.1) is 11.3 Å². The highest BCUT2D eigenvalue weighted by Crippen LogP contribution is 2.26. The van der Waals surface area contributed by atoms with E-state index in [-0.39, 0.29) is 0 Å². The molecule has 2 aromatic heterocycles. The molecule has 16 heavy (non-hydrogen) atoms. The van der Waals surface area contributed by atoms with Crippen LogP contribution in [0.2, 0.25) is 0 Å². The molecule has 0 aliphatic rings. The molecule has 0 aliphatic heterocycles. The SMILES string of the molecule is CC(CCC(C)c1ncco1)c1cscn1. The van der Waals surface area contributed by atoms with Crippen LogP contribution in [-0.4, -0.2) is 9.97 Å². The minimum atomic E-state index is 0.385. The molecule has 0 aliphatic carbocycles. The van der Waals surface area contributed by atoms with E-state index < -0.39 is 0 Å². The third-order valence-electron chi connectivity index (χ3n) is 2.86. The van der Waals surface area contributed by atoms with Crippen LogP contribution in [0.25, 0.3) is 0 Å². The van der Waals surface area contributed by atoms with Gasteiger partial charge in [-0.25, -0.2) is 9.97 Å². The van der Waals surface area contributed by atoms with E-state index >= 15 is 0 Å². The molecule has 0 fully saturated rings. The van der Waals surface area contributed by atoms with Gasteiger partial charge in [-0.05, 0) is 18.8 Å². The molecule has 0 amide bonds. The average Bonchev–Trinajstić information content (AvgIpc) is 2.95. The minimum absolute atomic E-state index is 0.385. The largest absolute Gasteiger partial charge is 0.449 e. The van der Waals surface area contributed by atoms with E-state index in [1.165, 1.54) is 5.69 Å². The van der Waals surface area contributed by atoms with E-state index in [4.69, 9.17) is 4.42 Å². The summed E-state index contributed by atoms with van der Waals surface area (Å²) in [5, 5.41) is 2.13. The summed E-state index contributed by atoms with van der Waals surface area (Å²) in [5.41, 5.74) is 3.09. The molecule has 2 unspecified atom stereocenters. The van der Waals surface area contributed by atoms with Crippen molar-refractivity contribution in [2.45, 2.75) is 38.5 Å². The maximum absolute atomic E-state index is 5.29. The molecule has 0 N–H and O–H groups in total. The first-order valence-corrected chi connectivity index (χ1v) is 6.49. The first-order valence-electron chi connectivity index (χ1n) is 5.55. The second-order valence-electron chi connectivity index (χ2n) is 4.16. The van der Waals surface area contributed by atoms with Crippen LogP contribution in [0.1, 0.15) is 50.1 Å². The molecule has 2 atom stereocenters. The molecule has 0 spiro atoms. The van der Waals surface area contributed by atoms with Gasteiger partial charge in [0.15, 0.2) is 5.89 Å². The molecule has 86 valence electrons. The predicted octanol–water partition coefficient (Wildman–Crippen LogP) is 3.82. The molecule has 2 aromatic rings. The van der Waals surface area contributed by atoms with Crippen LogP contribution in [0, 0.1) is 0 Å². The van der Waals surface area contributed by atoms with Crippen LogP contribution < -0.4 is 0 Å². The maximum Gasteiger partial charge on any atom is 0.196 e. The highest BCUT2D eigenvalue weighted by Gasteiger charge is 2.13. The number of oxazole rings is 1. The number of thiazole rings is 1. The van der Waals surface area contributed by atoms with Crippen molar-refractivity contribution in [2.75, 3.05) is 0 Å². The fraction of sp³-hybridized carbons (Fsp3) is 0.500. The second kappa shape index (κ2) is 5.25. The molecule has 2 heterocycles. The van der Waals surface area contributed by atoms with Crippen molar-refractivity contribution in [1.82, 2.24) is 9.97 Å². The van der Waals surface area contributed by atoms with Gasteiger partial charge in [0.2, 0.25) is 0 Å². The van der Waals surface area contributed by atoms with E-state index in [9.17, 15) is 0 Å². The summed E-state index contributed by atoms with van der Waals surface area (Å²) in [7, 11) is 0. The number of nitrogens with zero attached hydrogens (tertiary/aromatic N) is 2. The fourth-order valence-corrected chi connectivity index (χ4v) is 2.39. The van der Waals surface area contributed by atoms with Crippen molar-refractivity contribution in [1.29, 1.82) is 0 Å². The van der Waals surface area contributed by atoms with Crippen molar-refractivity contribution in [3.8, 4) is 0 Å². The molecule has 0 saturated carbocycles. The summed E-state index contributed by atoms with van der Waals surface area (Å²) < 4.78 is 5.29. The highest BCUT2D eigenvalue weighted by atomic mass is 32.1. The third kappa shape index (κ3) is 2.70. The normalized spacial score (nSPS) is 14.9. The third-order valence-corrected chi connectivity index (χ3v) is 3.47. The van der Waals surface area contributed by atoms with E-state index in [2.05, 4.69) is 29.2 Å². The van der Waals surface area contributed by atoms with Crippen LogP contribution in [0.3, 0.4) is 0 Å². The first kappa shape index (κ1) is 11.3. The molecule has 2 rings (SSSR count). The lowest BCUT2D eigenvalue weighted by molar-refractivity contribution is 0.431. The molecular weight excluding hydrogens is 220 g/mol. The van der Waals surface area contributed by atoms with E-state index in [1.807, 2.05) is 5.51 Å². The summed E-state index contributed by atoms with van der Waals surface area (Å²) >= 11 is 1.66. The summed E-state index contributed by atoms with van der Waals surface area (Å²) in [6, 6.07) is 0. The van der Waals surface area contributed by atoms with Gasteiger partial charge in [0.1, 0.15) is 6.26 Å². The van der Waals surface area contributed by atoms with Crippen molar-refractivity contribution >= 4 is 11.3 Å². The highest BCUT2D eigenvalue weighted by molar-refractivity contribution is 7.07. The smallest absolute Gasteiger partial charge is 0.196 e. The lowest BCUT2D eigenvalue weighted by Crippen LogP contribution is -1.99. The molecule has 0 saturated heterocycles. The summed E-state index contributed by atoms with van der Waals surface area (Å²) in [6.45, 7) is 4.37. The lowest BCUT2D eigenvalue weighted by atomic mass is 9.96. The Balaban J connectivity index is 1.84. The number of rotatable bonds is 5. The zero-order valence-electron chi connectivity index (χ0n) is 9.59. The van der Waals surface area contributed by atoms with Gasteiger partial charge >= 0.3 is 0 Å². The van der Waals surface area contributed by atoms with Gasteiger partial charge in [0, 0.05) is 11.3 Å². The minimum Gasteiger partial charge on any atom is -0.449 e. The van der Waals surface area contributed by atoms with Crippen LogP contribution in [0.5, 0.6) is 0 Å². The predicted molar refractivity (Wildman–Crippen MR) is 64.7 cm³/mol. The van der Waals surface area contributed by atoms with Crippen molar-refractivity contribution in [3.63, 3.8) is 0 Å². The van der Waals surface area contributed by atoms with Crippen LogP contribution >= 0.6 is 11.3 Å². The molecule has 3 nitrogen and oxygen atoms in total. The molecule has 0 bridgehead atoms. The van der Waals surface area contributed by atoms with Gasteiger partial charge in [-0.3, -0.25) is 0 Å². The summed E-state index contributed by atoms with van der Waals surface area (Å²) in [6.07, 6.45) is 5.54. The van der Waals surface area contributed by atoms with Gasteiger partial charge in [-0.2, -0.15) is 0 Å².